The molecular weight excluding hydrogens is 354 g/mol. The Morgan fingerprint density at radius 3 is 2.70 bits per heavy atom. The van der Waals surface area contributed by atoms with Gasteiger partial charge in [0.25, 0.3) is 0 Å². The fourth-order valence-electron chi connectivity index (χ4n) is 3.06. The largest absolute Gasteiger partial charge is 0.326 e. The van der Waals surface area contributed by atoms with Crippen molar-refractivity contribution in [3.8, 4) is 10.6 Å². The minimum absolute atomic E-state index is 0.0180. The Balaban J connectivity index is 1.60. The zero-order chi connectivity index (χ0) is 18.8. The minimum atomic E-state index is -0.0180. The van der Waals surface area contributed by atoms with E-state index in [-0.39, 0.29) is 5.91 Å². The molecule has 0 saturated carbocycles. The number of aromatic nitrogens is 2. The molecule has 1 N–H and O–H groups in total. The third-order valence-corrected chi connectivity index (χ3v) is 5.63. The number of rotatable bonds is 4. The van der Waals surface area contributed by atoms with E-state index >= 15 is 0 Å². The standard InChI is InChI=1S/C22H19N3OS/c1-14-7-3-4-8-16(14)13-20(26)24-18-10-5-9-17(15(18)2)21-25-19-11-6-12-23-22(19)27-21/h3-12H,13H2,1-2H3,(H,24,26). The number of benzene rings is 2. The van der Waals surface area contributed by atoms with Gasteiger partial charge in [0.05, 0.1) is 6.42 Å². The summed E-state index contributed by atoms with van der Waals surface area (Å²) in [5.41, 5.74) is 5.91. The molecule has 0 saturated heterocycles. The molecule has 2 aromatic carbocycles. The highest BCUT2D eigenvalue weighted by molar-refractivity contribution is 7.21. The van der Waals surface area contributed by atoms with E-state index in [0.717, 1.165) is 43.3 Å². The summed E-state index contributed by atoms with van der Waals surface area (Å²) < 4.78 is 0. The Bertz CT molecular complexity index is 1100. The van der Waals surface area contributed by atoms with E-state index in [4.69, 9.17) is 0 Å². The molecule has 0 radical (unpaired) electrons. The zero-order valence-electron chi connectivity index (χ0n) is 15.2. The predicted molar refractivity (Wildman–Crippen MR) is 111 cm³/mol. The molecule has 4 rings (SSSR count). The van der Waals surface area contributed by atoms with Crippen molar-refractivity contribution < 1.29 is 4.79 Å². The topological polar surface area (TPSA) is 54.9 Å². The van der Waals surface area contributed by atoms with Crippen molar-refractivity contribution in [2.24, 2.45) is 0 Å². The second kappa shape index (κ2) is 7.29. The average Bonchev–Trinajstić information content (AvgIpc) is 3.09. The molecule has 0 bridgehead atoms. The quantitative estimate of drug-likeness (QED) is 0.538. The summed E-state index contributed by atoms with van der Waals surface area (Å²) in [5, 5.41) is 3.97. The third-order valence-electron chi connectivity index (χ3n) is 4.62. The molecule has 2 heterocycles. The monoisotopic (exact) mass is 373 g/mol. The maximum atomic E-state index is 12.5. The van der Waals surface area contributed by atoms with Crippen LogP contribution in [0.25, 0.3) is 20.9 Å². The van der Waals surface area contributed by atoms with Crippen LogP contribution in [-0.2, 0) is 11.2 Å². The molecule has 4 nitrogen and oxygen atoms in total. The third kappa shape index (κ3) is 3.59. The van der Waals surface area contributed by atoms with Crippen LogP contribution in [0.2, 0.25) is 0 Å². The fraction of sp³-hybridized carbons (Fsp3) is 0.136. The molecular formula is C22H19N3OS. The smallest absolute Gasteiger partial charge is 0.228 e. The molecule has 0 fully saturated rings. The van der Waals surface area contributed by atoms with Crippen LogP contribution in [0, 0.1) is 13.8 Å². The maximum Gasteiger partial charge on any atom is 0.228 e. The van der Waals surface area contributed by atoms with Gasteiger partial charge in [0, 0.05) is 17.4 Å². The van der Waals surface area contributed by atoms with Crippen molar-refractivity contribution >= 4 is 33.3 Å². The zero-order valence-corrected chi connectivity index (χ0v) is 16.0. The Labute approximate surface area is 161 Å². The molecule has 0 atom stereocenters. The first-order valence-electron chi connectivity index (χ1n) is 8.78. The number of fused-ring (bicyclic) bond motifs is 1. The summed E-state index contributed by atoms with van der Waals surface area (Å²) in [5.74, 6) is -0.0180. The van der Waals surface area contributed by atoms with E-state index in [2.05, 4.69) is 15.3 Å². The lowest BCUT2D eigenvalue weighted by Crippen LogP contribution is -2.15. The van der Waals surface area contributed by atoms with Gasteiger partial charge >= 0.3 is 0 Å². The van der Waals surface area contributed by atoms with Crippen LogP contribution in [0.4, 0.5) is 5.69 Å². The van der Waals surface area contributed by atoms with E-state index in [1.165, 1.54) is 0 Å². The fourth-order valence-corrected chi connectivity index (χ4v) is 4.05. The molecule has 27 heavy (non-hydrogen) atoms. The van der Waals surface area contributed by atoms with Crippen LogP contribution >= 0.6 is 11.3 Å². The summed E-state index contributed by atoms with van der Waals surface area (Å²) in [7, 11) is 0. The first kappa shape index (κ1) is 17.4. The second-order valence-electron chi connectivity index (χ2n) is 6.48. The van der Waals surface area contributed by atoms with Gasteiger partial charge in [-0.2, -0.15) is 0 Å². The highest BCUT2D eigenvalue weighted by atomic mass is 32.1. The Morgan fingerprint density at radius 2 is 1.89 bits per heavy atom. The summed E-state index contributed by atoms with van der Waals surface area (Å²) >= 11 is 1.56. The van der Waals surface area contributed by atoms with E-state index < -0.39 is 0 Å². The number of pyridine rings is 1. The number of amides is 1. The first-order valence-corrected chi connectivity index (χ1v) is 9.59. The summed E-state index contributed by atoms with van der Waals surface area (Å²) in [4.78, 5) is 22.5. The number of hydrogen-bond donors (Lipinski definition) is 1. The lowest BCUT2D eigenvalue weighted by Gasteiger charge is -2.12. The van der Waals surface area contributed by atoms with E-state index in [9.17, 15) is 4.79 Å². The van der Waals surface area contributed by atoms with Crippen molar-refractivity contribution in [3.63, 3.8) is 0 Å². The normalized spacial score (nSPS) is 10.9. The molecule has 2 aromatic heterocycles. The van der Waals surface area contributed by atoms with Gasteiger partial charge in [0.1, 0.15) is 15.4 Å². The van der Waals surface area contributed by atoms with Crippen LogP contribution in [0.1, 0.15) is 16.7 Å². The summed E-state index contributed by atoms with van der Waals surface area (Å²) in [6, 6.07) is 17.7. The number of nitrogens with one attached hydrogen (secondary N) is 1. The Morgan fingerprint density at radius 1 is 1.04 bits per heavy atom. The average molecular weight is 373 g/mol. The summed E-state index contributed by atoms with van der Waals surface area (Å²) in [6.07, 6.45) is 2.14. The van der Waals surface area contributed by atoms with Gasteiger partial charge in [0.2, 0.25) is 5.91 Å². The van der Waals surface area contributed by atoms with Gasteiger partial charge in [-0.05, 0) is 48.7 Å². The van der Waals surface area contributed by atoms with Crippen LogP contribution in [-0.4, -0.2) is 15.9 Å². The van der Waals surface area contributed by atoms with Gasteiger partial charge in [-0.1, -0.05) is 47.7 Å². The number of carbonyl (C=O) groups excluding carboxylic acids is 1. The Kier molecular flexibility index (Phi) is 4.69. The molecule has 0 spiro atoms. The molecule has 0 aliphatic carbocycles. The second-order valence-corrected chi connectivity index (χ2v) is 7.45. The van der Waals surface area contributed by atoms with Crippen LogP contribution < -0.4 is 5.32 Å². The van der Waals surface area contributed by atoms with E-state index in [0.29, 0.717) is 6.42 Å². The maximum absolute atomic E-state index is 12.5. The van der Waals surface area contributed by atoms with Crippen LogP contribution in [0.15, 0.2) is 60.8 Å². The van der Waals surface area contributed by atoms with Crippen LogP contribution in [0.5, 0.6) is 0 Å². The first-order chi connectivity index (χ1) is 13.1. The van der Waals surface area contributed by atoms with Crippen molar-refractivity contribution in [2.45, 2.75) is 20.3 Å². The van der Waals surface area contributed by atoms with Crippen LogP contribution in [0.3, 0.4) is 0 Å². The molecule has 0 aliphatic heterocycles. The SMILES string of the molecule is Cc1ccccc1CC(=O)Nc1cccc(-c2nc3cccnc3s2)c1C. The molecule has 0 unspecified atom stereocenters. The molecule has 1 amide bonds. The van der Waals surface area contributed by atoms with Gasteiger partial charge in [0.15, 0.2) is 0 Å². The van der Waals surface area contributed by atoms with Crippen molar-refractivity contribution in [2.75, 3.05) is 5.32 Å². The lowest BCUT2D eigenvalue weighted by atomic mass is 10.0. The van der Waals surface area contributed by atoms with Gasteiger partial charge in [-0.25, -0.2) is 9.97 Å². The number of anilines is 1. The number of thiazole rings is 1. The van der Waals surface area contributed by atoms with Crippen molar-refractivity contribution in [1.82, 2.24) is 9.97 Å². The summed E-state index contributed by atoms with van der Waals surface area (Å²) in [6.45, 7) is 4.04. The van der Waals surface area contributed by atoms with Crippen molar-refractivity contribution in [3.05, 3.63) is 77.5 Å². The molecule has 5 heteroatoms. The molecule has 4 aromatic rings. The van der Waals surface area contributed by atoms with Gasteiger partial charge in [-0.3, -0.25) is 4.79 Å². The molecule has 0 aliphatic rings. The van der Waals surface area contributed by atoms with Gasteiger partial charge < -0.3 is 5.32 Å². The molecule has 134 valence electrons. The lowest BCUT2D eigenvalue weighted by molar-refractivity contribution is -0.115. The highest BCUT2D eigenvalue weighted by Crippen LogP contribution is 2.33. The van der Waals surface area contributed by atoms with E-state index in [1.54, 1.807) is 17.5 Å². The Hall–Kier alpha value is -3.05. The minimum Gasteiger partial charge on any atom is -0.326 e. The predicted octanol–water partition coefficient (Wildman–Crippen LogP) is 5.16. The van der Waals surface area contributed by atoms with E-state index in [1.807, 2.05) is 68.4 Å². The highest BCUT2D eigenvalue weighted by Gasteiger charge is 2.13. The number of hydrogen-bond acceptors (Lipinski definition) is 4. The number of aryl methyl sites for hydroxylation is 1. The van der Waals surface area contributed by atoms with Gasteiger partial charge in [-0.15, -0.1) is 0 Å². The van der Waals surface area contributed by atoms with Crippen molar-refractivity contribution in [1.29, 1.82) is 0 Å². The number of nitrogens with zero attached hydrogens (tertiary/aromatic N) is 2. The number of carbonyl (C=O) groups is 1.